The van der Waals surface area contributed by atoms with E-state index in [1.807, 2.05) is 0 Å². The molecule has 0 bridgehead atoms. The number of ether oxygens (including phenoxy) is 2. The van der Waals surface area contributed by atoms with E-state index in [2.05, 4.69) is 25.7 Å². The molecule has 0 radical (unpaired) electrons. The van der Waals surface area contributed by atoms with E-state index >= 15 is 0 Å². The minimum atomic E-state index is -3.05. The number of pyridine rings is 1. The molecule has 1 aliphatic carbocycles. The highest BCUT2D eigenvalue weighted by molar-refractivity contribution is 6.03. The highest BCUT2D eigenvalue weighted by Crippen LogP contribution is 2.33. The molecule has 0 unspecified atom stereocenters. The van der Waals surface area contributed by atoms with Gasteiger partial charge in [0.05, 0.1) is 24.1 Å². The van der Waals surface area contributed by atoms with Crippen molar-refractivity contribution in [3.05, 3.63) is 72.0 Å². The van der Waals surface area contributed by atoms with Crippen LogP contribution in [0.25, 0.3) is 17.1 Å². The Balaban J connectivity index is 1.11. The third kappa shape index (κ3) is 9.63. The molecular weight excluding hydrogens is 738 g/mol. The van der Waals surface area contributed by atoms with E-state index in [0.29, 0.717) is 35.1 Å². The van der Waals surface area contributed by atoms with Gasteiger partial charge in [-0.05, 0) is 69.4 Å². The van der Waals surface area contributed by atoms with Crippen LogP contribution in [0.2, 0.25) is 0 Å². The molecule has 1 saturated carbocycles. The summed E-state index contributed by atoms with van der Waals surface area (Å²) >= 11 is 0. The average molecular weight is 779 g/mol. The van der Waals surface area contributed by atoms with Crippen LogP contribution in [0, 0.1) is 5.92 Å². The second-order valence-electron chi connectivity index (χ2n) is 14.4. The monoisotopic (exact) mass is 778 g/mol. The van der Waals surface area contributed by atoms with Crippen molar-refractivity contribution >= 4 is 41.5 Å². The first-order valence-corrected chi connectivity index (χ1v) is 17.7. The van der Waals surface area contributed by atoms with Crippen LogP contribution >= 0.6 is 0 Å². The lowest BCUT2D eigenvalue weighted by Gasteiger charge is -2.27. The van der Waals surface area contributed by atoms with Crippen molar-refractivity contribution in [1.82, 2.24) is 30.0 Å². The number of benzene rings is 1. The molecule has 296 valence electrons. The first kappa shape index (κ1) is 39.3. The van der Waals surface area contributed by atoms with Gasteiger partial charge in [0.2, 0.25) is 11.8 Å². The largest absolute Gasteiger partial charge is 0.465 e. The van der Waals surface area contributed by atoms with Gasteiger partial charge in [0.15, 0.2) is 11.4 Å². The van der Waals surface area contributed by atoms with Crippen LogP contribution in [0.5, 0.6) is 0 Å². The molecule has 6 rings (SSSR count). The zero-order valence-corrected chi connectivity index (χ0v) is 30.9. The van der Waals surface area contributed by atoms with Gasteiger partial charge in [-0.1, -0.05) is 12.1 Å². The molecule has 2 atom stereocenters. The number of hydrogen-bond acceptors (Lipinski definition) is 11. The second kappa shape index (κ2) is 16.1. The van der Waals surface area contributed by atoms with E-state index in [4.69, 9.17) is 13.9 Å². The molecule has 0 spiro atoms. The molecular formula is C37H40F2N8O9. The fraction of sp³-hybridized carbons (Fsp3) is 0.405. The lowest BCUT2D eigenvalue weighted by atomic mass is 10.1. The number of halogens is 2. The van der Waals surface area contributed by atoms with Crippen molar-refractivity contribution in [2.24, 2.45) is 5.92 Å². The number of oxazole rings is 1. The Bertz CT molecular complexity index is 2110. The Morgan fingerprint density at radius 1 is 1.11 bits per heavy atom. The molecule has 4 amide bonds. The van der Waals surface area contributed by atoms with Crippen LogP contribution in [0.4, 0.5) is 29.9 Å². The summed E-state index contributed by atoms with van der Waals surface area (Å²) in [5.74, 6) is -1.32. The molecule has 4 heterocycles. The first-order valence-electron chi connectivity index (χ1n) is 17.7. The summed E-state index contributed by atoms with van der Waals surface area (Å²) in [5.41, 5.74) is -0.504. The molecule has 1 aliphatic heterocycles. The van der Waals surface area contributed by atoms with Crippen LogP contribution in [0.1, 0.15) is 75.1 Å². The molecule has 3 aromatic heterocycles. The van der Waals surface area contributed by atoms with Gasteiger partial charge in [0.25, 0.3) is 12.3 Å². The third-order valence-corrected chi connectivity index (χ3v) is 8.77. The minimum Gasteiger partial charge on any atom is -0.465 e. The standard InChI is InChI=1S/C37H40F2N8O9/c1-20(48)55-25-14-28(45(17-25)35(51)52)33(50)41-15-21-7-9-24(10-8-21)47-18-26(30(44-47)31(38)39)42-32(49)27-19-54-34(43-27)23-11-12-40-29(13-23)46(16-22-5-6-22)36(53)56-37(2,3)4/h7-13,18-19,22,25,28,31H,5-6,14-17H2,1-4H3,(H,41,50)(H,42,49)(H,51,52)/t25-,28+/m1/s1. The number of carbonyl (C=O) groups is 5. The van der Waals surface area contributed by atoms with Crippen molar-refractivity contribution in [1.29, 1.82) is 0 Å². The van der Waals surface area contributed by atoms with Crippen molar-refractivity contribution in [3.63, 3.8) is 0 Å². The molecule has 1 saturated heterocycles. The van der Waals surface area contributed by atoms with Gasteiger partial charge in [-0.15, -0.1) is 0 Å². The Kier molecular flexibility index (Phi) is 11.3. The zero-order valence-electron chi connectivity index (χ0n) is 30.9. The van der Waals surface area contributed by atoms with E-state index < -0.39 is 59.8 Å². The molecule has 19 heteroatoms. The van der Waals surface area contributed by atoms with Gasteiger partial charge < -0.3 is 29.6 Å². The molecule has 56 heavy (non-hydrogen) atoms. The molecule has 2 fully saturated rings. The molecule has 2 aliphatic rings. The smallest absolute Gasteiger partial charge is 0.416 e. The normalized spacial score (nSPS) is 16.7. The van der Waals surface area contributed by atoms with Crippen molar-refractivity contribution in [2.75, 3.05) is 23.3 Å². The second-order valence-corrected chi connectivity index (χ2v) is 14.4. The number of rotatable bonds is 12. The number of nitrogens with zero attached hydrogens (tertiary/aromatic N) is 6. The van der Waals surface area contributed by atoms with Crippen LogP contribution in [0.15, 0.2) is 59.5 Å². The van der Waals surface area contributed by atoms with Crippen LogP contribution in [-0.2, 0) is 25.6 Å². The summed E-state index contributed by atoms with van der Waals surface area (Å²) in [6, 6.07) is 8.48. The summed E-state index contributed by atoms with van der Waals surface area (Å²) in [5, 5.41) is 18.6. The summed E-state index contributed by atoms with van der Waals surface area (Å²) in [7, 11) is 0. The number of esters is 1. The van der Waals surface area contributed by atoms with Gasteiger partial charge in [-0.25, -0.2) is 33.0 Å². The number of alkyl halides is 2. The lowest BCUT2D eigenvalue weighted by molar-refractivity contribution is -0.145. The predicted molar refractivity (Wildman–Crippen MR) is 193 cm³/mol. The van der Waals surface area contributed by atoms with Gasteiger partial charge in [-0.2, -0.15) is 5.10 Å². The number of likely N-dealkylation sites (tertiary alicyclic amines) is 1. The maximum absolute atomic E-state index is 14.1. The number of anilines is 2. The summed E-state index contributed by atoms with van der Waals surface area (Å²) < 4.78 is 45.6. The molecule has 4 aromatic rings. The number of nitrogens with one attached hydrogen (secondary N) is 2. The minimum absolute atomic E-state index is 0.0151. The summed E-state index contributed by atoms with van der Waals surface area (Å²) in [4.78, 5) is 73.0. The molecule has 1 aromatic carbocycles. The van der Waals surface area contributed by atoms with E-state index in [-0.39, 0.29) is 36.8 Å². The van der Waals surface area contributed by atoms with Gasteiger partial charge in [-0.3, -0.25) is 24.2 Å². The van der Waals surface area contributed by atoms with Gasteiger partial charge in [0, 0.05) is 38.2 Å². The predicted octanol–water partition coefficient (Wildman–Crippen LogP) is 5.56. The summed E-state index contributed by atoms with van der Waals surface area (Å²) in [6.07, 6.45) is 0.0953. The van der Waals surface area contributed by atoms with Crippen molar-refractivity contribution in [2.45, 2.75) is 77.7 Å². The first-order chi connectivity index (χ1) is 26.5. The maximum Gasteiger partial charge on any atom is 0.416 e. The SMILES string of the molecule is CC(=O)O[C@@H]1C[C@@H](C(=O)NCc2ccc(-n3cc(NC(=O)c4coc(-c5ccnc(N(CC6CC6)C(=O)OC(C)(C)C)c5)n4)c(C(F)F)n3)cc2)N(C(=O)O)C1. The lowest BCUT2D eigenvalue weighted by Crippen LogP contribution is -2.45. The van der Waals surface area contributed by atoms with E-state index in [9.17, 15) is 37.9 Å². The van der Waals surface area contributed by atoms with Crippen LogP contribution in [-0.4, -0.2) is 90.6 Å². The van der Waals surface area contributed by atoms with Crippen LogP contribution < -0.4 is 15.5 Å². The highest BCUT2D eigenvalue weighted by Gasteiger charge is 2.41. The highest BCUT2D eigenvalue weighted by atomic mass is 19.3. The van der Waals surface area contributed by atoms with Crippen molar-refractivity contribution < 1.29 is 51.8 Å². The fourth-order valence-electron chi connectivity index (χ4n) is 5.96. The number of hydrogen-bond donors (Lipinski definition) is 3. The fourth-order valence-corrected chi connectivity index (χ4v) is 5.96. The third-order valence-electron chi connectivity index (χ3n) is 8.77. The quantitative estimate of drug-likeness (QED) is 0.151. The molecule has 17 nitrogen and oxygen atoms in total. The van der Waals surface area contributed by atoms with E-state index in [1.54, 1.807) is 57.2 Å². The Morgan fingerprint density at radius 3 is 2.48 bits per heavy atom. The van der Waals surface area contributed by atoms with Crippen LogP contribution in [0.3, 0.4) is 0 Å². The topological polar surface area (TPSA) is 211 Å². The Morgan fingerprint density at radius 2 is 1.84 bits per heavy atom. The maximum atomic E-state index is 14.1. The van der Waals surface area contributed by atoms with Gasteiger partial charge in [0.1, 0.15) is 29.8 Å². The number of carboxylic acid groups (broad SMARTS) is 1. The summed E-state index contributed by atoms with van der Waals surface area (Å²) in [6.45, 7) is 6.82. The number of amides is 4. The van der Waals surface area contributed by atoms with E-state index in [0.717, 1.165) is 28.7 Å². The van der Waals surface area contributed by atoms with Crippen molar-refractivity contribution in [3.8, 4) is 17.1 Å². The number of carbonyl (C=O) groups excluding carboxylic acids is 4. The zero-order chi connectivity index (χ0) is 40.3. The van der Waals surface area contributed by atoms with E-state index in [1.165, 1.54) is 24.2 Å². The Hall–Kier alpha value is -6.40. The number of aromatic nitrogens is 4. The molecule has 3 N–H and O–H groups in total. The van der Waals surface area contributed by atoms with Gasteiger partial charge >= 0.3 is 18.2 Å². The Labute approximate surface area is 319 Å². The average Bonchev–Trinajstić information content (AvgIpc) is 3.47.